The topological polar surface area (TPSA) is 169 Å². The molecule has 0 radical (unpaired) electrons. The Hall–Kier alpha value is -5.78. The molecule has 49 heavy (non-hydrogen) atoms. The average molecular weight is 698 g/mol. The number of rotatable bonds is 9. The van der Waals surface area contributed by atoms with E-state index in [1.54, 1.807) is 36.4 Å². The minimum absolute atomic E-state index is 0.0172. The number of hydrazine groups is 1. The van der Waals surface area contributed by atoms with Crippen LogP contribution in [0.15, 0.2) is 89.0 Å². The SMILES string of the molecule is Cc1ccc(-c2cc(C(F)(F)F)nn2-c2ccc(S(=O)(=O)NC(=O)C3CCN(/[N+]([O-])=N\OCN4C(=O)c5ccccc5C4=O)C3)cc2)cc1. The molecule has 1 saturated heterocycles. The second kappa shape index (κ2) is 12.7. The maximum Gasteiger partial charge on any atom is 0.435 e. The van der Waals surface area contributed by atoms with Crippen molar-refractivity contribution in [3.8, 4) is 16.9 Å². The van der Waals surface area contributed by atoms with Crippen molar-refractivity contribution in [3.05, 3.63) is 106 Å². The van der Waals surface area contributed by atoms with Crippen LogP contribution in [0.25, 0.3) is 16.9 Å². The minimum Gasteiger partial charge on any atom is -0.569 e. The van der Waals surface area contributed by atoms with Gasteiger partial charge in [-0.05, 0) is 55.8 Å². The molecule has 3 heterocycles. The highest BCUT2D eigenvalue weighted by atomic mass is 32.2. The summed E-state index contributed by atoms with van der Waals surface area (Å²) in [5, 5.41) is 20.6. The molecule has 3 amide bonds. The first-order valence-corrected chi connectivity index (χ1v) is 16.1. The molecule has 6 rings (SSSR count). The second-order valence-electron chi connectivity index (χ2n) is 11.2. The van der Waals surface area contributed by atoms with E-state index in [9.17, 15) is 41.2 Å². The smallest absolute Gasteiger partial charge is 0.435 e. The zero-order valence-electron chi connectivity index (χ0n) is 25.5. The number of hydrogen-bond donors (Lipinski definition) is 1. The lowest BCUT2D eigenvalue weighted by molar-refractivity contribution is -0.708. The number of sulfonamides is 1. The van der Waals surface area contributed by atoms with Gasteiger partial charge in [-0.3, -0.25) is 14.4 Å². The van der Waals surface area contributed by atoms with E-state index in [1.807, 2.05) is 11.6 Å². The predicted molar refractivity (Wildman–Crippen MR) is 163 cm³/mol. The van der Waals surface area contributed by atoms with Gasteiger partial charge in [-0.25, -0.2) is 22.7 Å². The van der Waals surface area contributed by atoms with Crippen molar-refractivity contribution in [3.63, 3.8) is 0 Å². The van der Waals surface area contributed by atoms with Gasteiger partial charge < -0.3 is 10.0 Å². The van der Waals surface area contributed by atoms with Gasteiger partial charge in [-0.1, -0.05) is 42.0 Å². The van der Waals surface area contributed by atoms with Gasteiger partial charge in [0.2, 0.25) is 17.9 Å². The van der Waals surface area contributed by atoms with Gasteiger partial charge in [0.15, 0.2) is 5.69 Å². The standard InChI is InChI=1S/C31H26F3N7O7S/c1-19-6-8-20(9-7-19)26-16-27(31(32,33)34)35-40(26)22-10-12-23(13-11-22)49(46,47)36-28(42)21-14-15-38(17-21)41(45)37-48-18-39-29(43)24-4-2-3-5-25(24)30(39)44/h2-13,16,21H,14-15,17-18H2,1H3,(H,36,42)/b41-37+. The molecule has 1 aromatic heterocycles. The number of carbonyl (C=O) groups is 3. The highest BCUT2D eigenvalue weighted by Crippen LogP contribution is 2.33. The van der Waals surface area contributed by atoms with Gasteiger partial charge in [0, 0.05) is 5.56 Å². The van der Waals surface area contributed by atoms with Crippen molar-refractivity contribution < 1.29 is 45.8 Å². The Morgan fingerprint density at radius 3 is 2.29 bits per heavy atom. The van der Waals surface area contributed by atoms with Crippen molar-refractivity contribution in [1.82, 2.24) is 24.4 Å². The van der Waals surface area contributed by atoms with E-state index in [1.165, 1.54) is 24.3 Å². The van der Waals surface area contributed by atoms with E-state index in [0.717, 1.165) is 38.4 Å². The average Bonchev–Trinajstić information content (AvgIpc) is 3.80. The number of nitrogens with one attached hydrogen (secondary N) is 1. The molecule has 1 N–H and O–H groups in total. The first-order valence-electron chi connectivity index (χ1n) is 14.6. The van der Waals surface area contributed by atoms with E-state index in [0.29, 0.717) is 5.56 Å². The number of alkyl halides is 3. The van der Waals surface area contributed by atoms with E-state index in [4.69, 9.17) is 4.84 Å². The highest BCUT2D eigenvalue weighted by Gasteiger charge is 2.38. The molecule has 2 aliphatic rings. The van der Waals surface area contributed by atoms with E-state index in [-0.39, 0.29) is 51.9 Å². The Morgan fingerprint density at radius 1 is 1.04 bits per heavy atom. The molecule has 4 aromatic rings. The van der Waals surface area contributed by atoms with Crippen LogP contribution in [0.1, 0.15) is 38.4 Å². The Bertz CT molecular complexity index is 2050. The van der Waals surface area contributed by atoms with Crippen LogP contribution >= 0.6 is 0 Å². The van der Waals surface area contributed by atoms with Gasteiger partial charge >= 0.3 is 6.18 Å². The fourth-order valence-corrected chi connectivity index (χ4v) is 6.38. The van der Waals surface area contributed by atoms with Crippen LogP contribution < -0.4 is 4.72 Å². The summed E-state index contributed by atoms with van der Waals surface area (Å²) in [5.41, 5.74) is 0.901. The third-order valence-corrected chi connectivity index (χ3v) is 9.31. The van der Waals surface area contributed by atoms with E-state index in [2.05, 4.69) is 10.4 Å². The molecule has 3 aromatic carbocycles. The largest absolute Gasteiger partial charge is 0.569 e. The van der Waals surface area contributed by atoms with Crippen LogP contribution in [0.2, 0.25) is 0 Å². The summed E-state index contributed by atoms with van der Waals surface area (Å²) < 4.78 is 69.7. The normalized spacial score (nSPS) is 16.7. The van der Waals surface area contributed by atoms with Gasteiger partial charge in [0.05, 0.1) is 51.4 Å². The molecule has 1 unspecified atom stereocenters. The quantitative estimate of drug-likeness (QED) is 0.117. The number of aryl methyl sites for hydroxylation is 1. The third kappa shape index (κ3) is 6.67. The van der Waals surface area contributed by atoms with Gasteiger partial charge in [0.1, 0.15) is 0 Å². The number of hydrogen-bond acceptors (Lipinski definition) is 9. The van der Waals surface area contributed by atoms with E-state index >= 15 is 0 Å². The first kappa shape index (κ1) is 33.1. The van der Waals surface area contributed by atoms with Crippen LogP contribution in [0.5, 0.6) is 0 Å². The number of carbonyl (C=O) groups excluding carboxylic acids is 3. The number of imide groups is 1. The van der Waals surface area contributed by atoms with Crippen LogP contribution in [-0.2, 0) is 25.8 Å². The molecular weight excluding hydrogens is 671 g/mol. The van der Waals surface area contributed by atoms with Gasteiger partial charge in [0.25, 0.3) is 21.8 Å². The Morgan fingerprint density at radius 2 is 1.67 bits per heavy atom. The molecule has 1 atom stereocenters. The number of nitrogens with zero attached hydrogens (tertiary/aromatic N) is 6. The summed E-state index contributed by atoms with van der Waals surface area (Å²) in [6.45, 7) is 1.01. The monoisotopic (exact) mass is 697 g/mol. The minimum atomic E-state index is -4.72. The summed E-state index contributed by atoms with van der Waals surface area (Å²) in [4.78, 5) is 43.1. The second-order valence-corrected chi connectivity index (χ2v) is 12.9. The molecule has 0 saturated carbocycles. The maximum atomic E-state index is 13.5. The van der Waals surface area contributed by atoms with Crippen molar-refractivity contribution >= 4 is 27.7 Å². The third-order valence-electron chi connectivity index (χ3n) is 7.95. The molecule has 0 spiro atoms. The Labute approximate surface area is 276 Å². The van der Waals surface area contributed by atoms with Crippen molar-refractivity contribution in [1.29, 1.82) is 0 Å². The molecule has 254 valence electrons. The molecule has 0 bridgehead atoms. The van der Waals surface area contributed by atoms with Crippen LogP contribution in [0.3, 0.4) is 0 Å². The lowest BCUT2D eigenvalue weighted by Gasteiger charge is -2.14. The van der Waals surface area contributed by atoms with Crippen molar-refractivity contribution in [2.24, 2.45) is 11.2 Å². The lowest BCUT2D eigenvalue weighted by atomic mass is 10.1. The molecule has 18 heteroatoms. The van der Waals surface area contributed by atoms with E-state index < -0.39 is 52.3 Å². The summed E-state index contributed by atoms with van der Waals surface area (Å²) in [5.74, 6) is -3.04. The molecular formula is C31H26F3N7O7S. The Balaban J connectivity index is 1.08. The molecule has 1 fully saturated rings. The van der Waals surface area contributed by atoms with Crippen LogP contribution in [0, 0.1) is 18.0 Å². The predicted octanol–water partition coefficient (Wildman–Crippen LogP) is 4.06. The number of aromatic nitrogens is 2. The Kier molecular flexibility index (Phi) is 8.57. The number of halogens is 3. The molecule has 2 aliphatic heterocycles. The zero-order chi connectivity index (χ0) is 35.1. The fourth-order valence-electron chi connectivity index (χ4n) is 5.34. The number of fused-ring (bicyclic) bond motifs is 1. The summed E-state index contributed by atoms with van der Waals surface area (Å²) >= 11 is 0. The maximum absolute atomic E-state index is 13.5. The van der Waals surface area contributed by atoms with Gasteiger partial charge in [-0.15, -0.1) is 5.01 Å². The fraction of sp³-hybridized carbons (Fsp3) is 0.226. The number of benzene rings is 3. The van der Waals surface area contributed by atoms with Gasteiger partial charge in [-0.2, -0.15) is 18.3 Å². The zero-order valence-corrected chi connectivity index (χ0v) is 26.3. The van der Waals surface area contributed by atoms with Crippen molar-refractivity contribution in [2.75, 3.05) is 19.8 Å². The first-order chi connectivity index (χ1) is 23.2. The van der Waals surface area contributed by atoms with Crippen LogP contribution in [-0.4, -0.2) is 70.6 Å². The lowest BCUT2D eigenvalue weighted by Crippen LogP contribution is -2.38. The molecule has 14 nitrogen and oxygen atoms in total. The summed E-state index contributed by atoms with van der Waals surface area (Å²) in [7, 11) is -4.41. The van der Waals surface area contributed by atoms with Crippen LogP contribution in [0.4, 0.5) is 13.2 Å². The molecule has 0 aliphatic carbocycles. The summed E-state index contributed by atoms with van der Waals surface area (Å²) in [6.07, 6.45) is -4.63. The number of amides is 3. The summed E-state index contributed by atoms with van der Waals surface area (Å²) in [6, 6.07) is 18.6. The van der Waals surface area contributed by atoms with Crippen molar-refractivity contribution in [2.45, 2.75) is 24.4 Å². The highest BCUT2D eigenvalue weighted by molar-refractivity contribution is 7.90.